The Hall–Kier alpha value is -0.900. The molecule has 0 spiro atoms. The molecule has 1 heterocycles. The van der Waals surface area contributed by atoms with Crippen LogP contribution in [-0.2, 0) is 6.54 Å². The van der Waals surface area contributed by atoms with E-state index in [4.69, 9.17) is 0 Å². The van der Waals surface area contributed by atoms with Crippen LogP contribution in [0.25, 0.3) is 0 Å². The topological polar surface area (TPSA) is 42.7 Å². The summed E-state index contributed by atoms with van der Waals surface area (Å²) in [6.07, 6.45) is 3.26. The number of rotatable bonds is 3. The zero-order valence-electron chi connectivity index (χ0n) is 6.28. The normalized spacial score (nSPS) is 13.4. The van der Waals surface area contributed by atoms with E-state index in [-0.39, 0.29) is 0 Å². The molecule has 0 saturated heterocycles. The van der Waals surface area contributed by atoms with Crippen molar-refractivity contribution in [1.82, 2.24) is 20.1 Å². The molecule has 1 aromatic rings. The number of nitrogens with one attached hydrogen (secondary N) is 1. The Labute approximate surface area is 60.3 Å². The molecule has 10 heavy (non-hydrogen) atoms. The second-order valence-corrected chi connectivity index (χ2v) is 2.31. The molecule has 0 amide bonds. The van der Waals surface area contributed by atoms with Gasteiger partial charge in [0.2, 0.25) is 0 Å². The first-order chi connectivity index (χ1) is 4.83. The fraction of sp³-hybridized carbons (Fsp3) is 0.667. The van der Waals surface area contributed by atoms with Gasteiger partial charge in [0, 0.05) is 6.04 Å². The zero-order chi connectivity index (χ0) is 7.40. The maximum atomic E-state index is 3.97. The second kappa shape index (κ2) is 3.31. The van der Waals surface area contributed by atoms with Gasteiger partial charge in [-0.05, 0) is 14.0 Å². The largest absolute Gasteiger partial charge is 0.315 e. The summed E-state index contributed by atoms with van der Waals surface area (Å²) in [5, 5.41) is 7.08. The SMILES string of the molecule is CNC(C)Cn1cncn1. The maximum absolute atomic E-state index is 3.97. The van der Waals surface area contributed by atoms with Crippen LogP contribution < -0.4 is 5.32 Å². The highest BCUT2D eigenvalue weighted by atomic mass is 15.3. The molecule has 56 valence electrons. The smallest absolute Gasteiger partial charge is 0.137 e. The van der Waals surface area contributed by atoms with Crippen LogP contribution >= 0.6 is 0 Å². The molecular weight excluding hydrogens is 128 g/mol. The van der Waals surface area contributed by atoms with Gasteiger partial charge in [-0.25, -0.2) is 4.98 Å². The minimum absolute atomic E-state index is 0.446. The van der Waals surface area contributed by atoms with E-state index in [0.717, 1.165) is 6.54 Å². The van der Waals surface area contributed by atoms with Crippen LogP contribution in [0.4, 0.5) is 0 Å². The van der Waals surface area contributed by atoms with Crippen molar-refractivity contribution < 1.29 is 0 Å². The van der Waals surface area contributed by atoms with Crippen molar-refractivity contribution in [2.45, 2.75) is 19.5 Å². The monoisotopic (exact) mass is 140 g/mol. The van der Waals surface area contributed by atoms with Crippen LogP contribution in [0.15, 0.2) is 12.7 Å². The molecule has 0 radical (unpaired) electrons. The van der Waals surface area contributed by atoms with E-state index < -0.39 is 0 Å². The molecule has 0 saturated carbocycles. The van der Waals surface area contributed by atoms with E-state index in [1.165, 1.54) is 0 Å². The van der Waals surface area contributed by atoms with Gasteiger partial charge in [-0.3, -0.25) is 4.68 Å². The van der Waals surface area contributed by atoms with E-state index in [1.54, 1.807) is 17.3 Å². The molecule has 1 unspecified atom stereocenters. The third kappa shape index (κ3) is 1.80. The van der Waals surface area contributed by atoms with Gasteiger partial charge in [0.05, 0.1) is 6.54 Å². The van der Waals surface area contributed by atoms with Gasteiger partial charge < -0.3 is 5.32 Å². The fourth-order valence-electron chi connectivity index (χ4n) is 0.699. The van der Waals surface area contributed by atoms with E-state index in [9.17, 15) is 0 Å². The van der Waals surface area contributed by atoms with Gasteiger partial charge in [-0.1, -0.05) is 0 Å². The summed E-state index contributed by atoms with van der Waals surface area (Å²) in [6.45, 7) is 2.97. The predicted octanol–water partition coefficient (Wildman–Crippen LogP) is -0.114. The molecule has 0 aliphatic rings. The third-order valence-corrected chi connectivity index (χ3v) is 1.42. The molecule has 0 fully saturated rings. The Bertz CT molecular complexity index is 170. The average molecular weight is 140 g/mol. The first-order valence-electron chi connectivity index (χ1n) is 3.32. The Morgan fingerprint density at radius 1 is 1.70 bits per heavy atom. The fourth-order valence-corrected chi connectivity index (χ4v) is 0.699. The Morgan fingerprint density at radius 2 is 2.50 bits per heavy atom. The zero-order valence-corrected chi connectivity index (χ0v) is 6.28. The first kappa shape index (κ1) is 7.21. The molecule has 1 atom stereocenters. The van der Waals surface area contributed by atoms with Crippen LogP contribution in [0.2, 0.25) is 0 Å². The Morgan fingerprint density at radius 3 is 3.00 bits per heavy atom. The summed E-state index contributed by atoms with van der Waals surface area (Å²) >= 11 is 0. The number of aromatic nitrogens is 3. The van der Waals surface area contributed by atoms with Crippen molar-refractivity contribution in [3.63, 3.8) is 0 Å². The van der Waals surface area contributed by atoms with E-state index >= 15 is 0 Å². The van der Waals surface area contributed by atoms with Gasteiger partial charge in [-0.15, -0.1) is 0 Å². The molecule has 4 nitrogen and oxygen atoms in total. The van der Waals surface area contributed by atoms with E-state index in [2.05, 4.69) is 22.3 Å². The highest BCUT2D eigenvalue weighted by Gasteiger charge is 1.97. The van der Waals surface area contributed by atoms with Crippen LogP contribution in [0.1, 0.15) is 6.92 Å². The molecule has 0 aliphatic heterocycles. The lowest BCUT2D eigenvalue weighted by molar-refractivity contribution is 0.480. The minimum Gasteiger partial charge on any atom is -0.315 e. The summed E-state index contributed by atoms with van der Waals surface area (Å²) < 4.78 is 1.81. The highest BCUT2D eigenvalue weighted by Crippen LogP contribution is 1.85. The summed E-state index contributed by atoms with van der Waals surface area (Å²) in [5.41, 5.74) is 0. The molecule has 0 aromatic carbocycles. The summed E-state index contributed by atoms with van der Waals surface area (Å²) in [4.78, 5) is 3.83. The molecule has 0 bridgehead atoms. The van der Waals surface area contributed by atoms with Crippen molar-refractivity contribution >= 4 is 0 Å². The van der Waals surface area contributed by atoms with Crippen LogP contribution in [-0.4, -0.2) is 27.9 Å². The maximum Gasteiger partial charge on any atom is 0.137 e. The number of likely N-dealkylation sites (N-methyl/N-ethyl adjacent to an activating group) is 1. The Balaban J connectivity index is 2.40. The molecule has 0 aliphatic carbocycles. The second-order valence-electron chi connectivity index (χ2n) is 2.31. The van der Waals surface area contributed by atoms with Gasteiger partial charge in [0.15, 0.2) is 0 Å². The van der Waals surface area contributed by atoms with Crippen molar-refractivity contribution in [3.05, 3.63) is 12.7 Å². The van der Waals surface area contributed by atoms with E-state index in [0.29, 0.717) is 6.04 Å². The number of nitrogens with zero attached hydrogens (tertiary/aromatic N) is 3. The third-order valence-electron chi connectivity index (χ3n) is 1.42. The molecule has 1 aromatic heterocycles. The van der Waals surface area contributed by atoms with Crippen molar-refractivity contribution in [3.8, 4) is 0 Å². The minimum atomic E-state index is 0.446. The lowest BCUT2D eigenvalue weighted by Gasteiger charge is -2.08. The lowest BCUT2D eigenvalue weighted by Crippen LogP contribution is -2.26. The van der Waals surface area contributed by atoms with Crippen molar-refractivity contribution in [2.24, 2.45) is 0 Å². The van der Waals surface area contributed by atoms with Crippen molar-refractivity contribution in [2.75, 3.05) is 7.05 Å². The molecular formula is C6H12N4. The van der Waals surface area contributed by atoms with Crippen LogP contribution in [0.3, 0.4) is 0 Å². The predicted molar refractivity (Wildman–Crippen MR) is 38.5 cm³/mol. The quantitative estimate of drug-likeness (QED) is 0.636. The number of hydrogen-bond donors (Lipinski definition) is 1. The summed E-state index contributed by atoms with van der Waals surface area (Å²) in [6, 6.07) is 0.446. The van der Waals surface area contributed by atoms with E-state index in [1.807, 2.05) is 7.05 Å². The van der Waals surface area contributed by atoms with Gasteiger partial charge in [0.1, 0.15) is 12.7 Å². The van der Waals surface area contributed by atoms with Crippen molar-refractivity contribution in [1.29, 1.82) is 0 Å². The number of hydrogen-bond acceptors (Lipinski definition) is 3. The molecule has 1 rings (SSSR count). The highest BCUT2D eigenvalue weighted by molar-refractivity contribution is 4.61. The lowest BCUT2D eigenvalue weighted by atomic mass is 10.3. The standard InChI is InChI=1S/C6H12N4/c1-6(7-2)3-10-5-8-4-9-10/h4-7H,3H2,1-2H3. The van der Waals surface area contributed by atoms with Crippen LogP contribution in [0, 0.1) is 0 Å². The summed E-state index contributed by atoms with van der Waals surface area (Å²) in [7, 11) is 1.93. The Kier molecular flexibility index (Phi) is 2.39. The molecule has 4 heteroatoms. The summed E-state index contributed by atoms with van der Waals surface area (Å²) in [5.74, 6) is 0. The van der Waals surface area contributed by atoms with Gasteiger partial charge in [-0.2, -0.15) is 5.10 Å². The van der Waals surface area contributed by atoms with Gasteiger partial charge >= 0.3 is 0 Å². The molecule has 1 N–H and O–H groups in total. The van der Waals surface area contributed by atoms with Crippen LogP contribution in [0.5, 0.6) is 0 Å². The first-order valence-corrected chi connectivity index (χ1v) is 3.32. The average Bonchev–Trinajstić information content (AvgIpc) is 2.40. The van der Waals surface area contributed by atoms with Gasteiger partial charge in [0.25, 0.3) is 0 Å².